The molecule has 33 heavy (non-hydrogen) atoms. The molecular formula is C22H21N5O5S. The molecule has 170 valence electrons. The van der Waals surface area contributed by atoms with Gasteiger partial charge >= 0.3 is 0 Å². The van der Waals surface area contributed by atoms with Gasteiger partial charge < -0.3 is 5.32 Å². The molecule has 1 unspecified atom stereocenters. The lowest BCUT2D eigenvalue weighted by atomic mass is 10.1. The van der Waals surface area contributed by atoms with Gasteiger partial charge in [-0.25, -0.2) is 4.98 Å². The van der Waals surface area contributed by atoms with Crippen LogP contribution in [0.15, 0.2) is 60.7 Å². The van der Waals surface area contributed by atoms with Crippen molar-refractivity contribution in [1.29, 1.82) is 0 Å². The molecule has 0 aliphatic carbocycles. The fourth-order valence-electron chi connectivity index (χ4n) is 2.97. The molecule has 0 fully saturated rings. The molecule has 1 atom stereocenters. The van der Waals surface area contributed by atoms with Crippen molar-refractivity contribution in [2.24, 2.45) is 0 Å². The lowest BCUT2D eigenvalue weighted by Crippen LogP contribution is -2.52. The highest BCUT2D eigenvalue weighted by molar-refractivity contribution is 7.98. The molecular weight excluding hydrogens is 446 g/mol. The van der Waals surface area contributed by atoms with E-state index in [1.807, 2.05) is 24.5 Å². The molecule has 0 spiro atoms. The highest BCUT2D eigenvalue weighted by Crippen LogP contribution is 2.13. The molecule has 0 aliphatic rings. The number of carbonyl (C=O) groups excluding carboxylic acids is 3. The smallest absolute Gasteiger partial charge is 0.270 e. The standard InChI is InChI=1S/C22H21N5O5S/c1-33-12-11-19(24-21(29)18-10-9-14-5-2-3-8-17(14)23-18)22(30)26-25-20(28)15-6-4-7-16(13-15)27(31)32/h2-10,13,19H,11-12H2,1H3,(H,24,29)(H,25,28)(H,26,30). The van der Waals surface area contributed by atoms with Crippen LogP contribution in [0.4, 0.5) is 5.69 Å². The average Bonchev–Trinajstić information content (AvgIpc) is 2.84. The summed E-state index contributed by atoms with van der Waals surface area (Å²) in [6.07, 6.45) is 2.19. The molecule has 2 aromatic carbocycles. The Morgan fingerprint density at radius 3 is 2.58 bits per heavy atom. The maximum Gasteiger partial charge on any atom is 0.270 e. The summed E-state index contributed by atoms with van der Waals surface area (Å²) in [5.74, 6) is -1.29. The van der Waals surface area contributed by atoms with Crippen molar-refractivity contribution in [3.8, 4) is 0 Å². The number of hydrogen-bond donors (Lipinski definition) is 3. The molecule has 0 saturated carbocycles. The Kier molecular flexibility index (Phi) is 7.92. The Morgan fingerprint density at radius 1 is 1.03 bits per heavy atom. The van der Waals surface area contributed by atoms with E-state index in [9.17, 15) is 24.5 Å². The molecule has 3 amide bonds. The molecule has 0 radical (unpaired) electrons. The first kappa shape index (κ1) is 23.7. The largest absolute Gasteiger partial charge is 0.339 e. The van der Waals surface area contributed by atoms with Gasteiger partial charge in [0, 0.05) is 23.1 Å². The number of rotatable bonds is 8. The zero-order valence-electron chi connectivity index (χ0n) is 17.6. The topological polar surface area (TPSA) is 143 Å². The van der Waals surface area contributed by atoms with Crippen molar-refractivity contribution < 1.29 is 19.3 Å². The number of fused-ring (bicyclic) bond motifs is 1. The Labute approximate surface area is 193 Å². The van der Waals surface area contributed by atoms with Crippen LogP contribution in [0.25, 0.3) is 10.9 Å². The molecule has 11 heteroatoms. The van der Waals surface area contributed by atoms with Crippen LogP contribution in [0, 0.1) is 10.1 Å². The average molecular weight is 468 g/mol. The number of amides is 3. The number of nitrogens with zero attached hydrogens (tertiary/aromatic N) is 2. The second kappa shape index (κ2) is 11.0. The first-order valence-corrected chi connectivity index (χ1v) is 11.3. The molecule has 3 aromatic rings. The molecule has 0 aliphatic heterocycles. The monoisotopic (exact) mass is 467 g/mol. The number of nitrogens with one attached hydrogen (secondary N) is 3. The van der Waals surface area contributed by atoms with Gasteiger partial charge in [0.05, 0.1) is 10.4 Å². The Hall–Kier alpha value is -3.99. The van der Waals surface area contributed by atoms with Crippen molar-refractivity contribution >= 4 is 46.1 Å². The maximum atomic E-state index is 12.7. The Bertz CT molecular complexity index is 1200. The van der Waals surface area contributed by atoms with Crippen LogP contribution >= 0.6 is 11.8 Å². The van der Waals surface area contributed by atoms with E-state index in [1.165, 1.54) is 30.0 Å². The summed E-state index contributed by atoms with van der Waals surface area (Å²) < 4.78 is 0. The molecule has 3 N–H and O–H groups in total. The number of thioether (sulfide) groups is 1. The Morgan fingerprint density at radius 2 is 1.82 bits per heavy atom. The van der Waals surface area contributed by atoms with Gasteiger partial charge in [-0.1, -0.05) is 30.3 Å². The fraction of sp³-hybridized carbons (Fsp3) is 0.182. The van der Waals surface area contributed by atoms with Crippen molar-refractivity contribution in [2.45, 2.75) is 12.5 Å². The van der Waals surface area contributed by atoms with Crippen LogP contribution in [0.5, 0.6) is 0 Å². The van der Waals surface area contributed by atoms with E-state index in [0.717, 1.165) is 11.5 Å². The summed E-state index contributed by atoms with van der Waals surface area (Å²) in [6, 6.07) is 14.9. The second-order valence-electron chi connectivity index (χ2n) is 6.95. The van der Waals surface area contributed by atoms with E-state index in [2.05, 4.69) is 21.2 Å². The van der Waals surface area contributed by atoms with Crippen molar-refractivity contribution in [2.75, 3.05) is 12.0 Å². The number of carbonyl (C=O) groups is 3. The lowest BCUT2D eigenvalue weighted by molar-refractivity contribution is -0.384. The zero-order valence-corrected chi connectivity index (χ0v) is 18.4. The van der Waals surface area contributed by atoms with E-state index in [0.29, 0.717) is 17.7 Å². The number of nitro benzene ring substituents is 1. The van der Waals surface area contributed by atoms with Gasteiger partial charge in [-0.3, -0.25) is 35.3 Å². The number of hydrogen-bond acceptors (Lipinski definition) is 7. The molecule has 0 saturated heterocycles. The normalized spacial score (nSPS) is 11.4. The minimum Gasteiger partial charge on any atom is -0.339 e. The molecule has 0 bridgehead atoms. The van der Waals surface area contributed by atoms with Gasteiger partial charge in [0.25, 0.3) is 23.4 Å². The predicted octanol–water partition coefficient (Wildman–Crippen LogP) is 2.46. The van der Waals surface area contributed by atoms with Gasteiger partial charge in [-0.2, -0.15) is 11.8 Å². The van der Waals surface area contributed by atoms with Crippen LogP contribution in [0.1, 0.15) is 27.3 Å². The first-order valence-electron chi connectivity index (χ1n) is 9.89. The highest BCUT2D eigenvalue weighted by atomic mass is 32.2. The summed E-state index contributed by atoms with van der Waals surface area (Å²) in [4.78, 5) is 52.2. The van der Waals surface area contributed by atoms with Crippen LogP contribution in [-0.2, 0) is 4.79 Å². The third-order valence-electron chi connectivity index (χ3n) is 4.68. The summed E-state index contributed by atoms with van der Waals surface area (Å²) in [5.41, 5.74) is 5.07. The third-order valence-corrected chi connectivity index (χ3v) is 5.33. The number of hydrazine groups is 1. The zero-order chi connectivity index (χ0) is 23.8. The van der Waals surface area contributed by atoms with Crippen LogP contribution in [0.3, 0.4) is 0 Å². The molecule has 10 nitrogen and oxygen atoms in total. The fourth-order valence-corrected chi connectivity index (χ4v) is 3.44. The maximum absolute atomic E-state index is 12.7. The van der Waals surface area contributed by atoms with E-state index < -0.39 is 28.7 Å². The number of non-ortho nitro benzene ring substituents is 1. The van der Waals surface area contributed by atoms with Crippen LogP contribution in [-0.4, -0.2) is 45.7 Å². The quantitative estimate of drug-likeness (QED) is 0.341. The summed E-state index contributed by atoms with van der Waals surface area (Å²) in [5, 5.41) is 14.4. The predicted molar refractivity (Wildman–Crippen MR) is 125 cm³/mol. The minimum atomic E-state index is -0.927. The number of para-hydroxylation sites is 1. The van der Waals surface area contributed by atoms with Gasteiger partial charge in [0.1, 0.15) is 11.7 Å². The number of aromatic nitrogens is 1. The van der Waals surface area contributed by atoms with Gasteiger partial charge in [-0.15, -0.1) is 0 Å². The van der Waals surface area contributed by atoms with Crippen molar-refractivity contribution in [1.82, 2.24) is 21.2 Å². The summed E-state index contributed by atoms with van der Waals surface area (Å²) >= 11 is 1.50. The number of nitro groups is 1. The van der Waals surface area contributed by atoms with Gasteiger partial charge in [-0.05, 0) is 36.6 Å². The number of benzene rings is 2. The first-order chi connectivity index (χ1) is 15.9. The summed E-state index contributed by atoms with van der Waals surface area (Å²) in [7, 11) is 0. The summed E-state index contributed by atoms with van der Waals surface area (Å²) in [6.45, 7) is 0. The van der Waals surface area contributed by atoms with Gasteiger partial charge in [0.15, 0.2) is 0 Å². The van der Waals surface area contributed by atoms with Crippen LogP contribution < -0.4 is 16.2 Å². The lowest BCUT2D eigenvalue weighted by Gasteiger charge is -2.18. The minimum absolute atomic E-state index is 0.00885. The van der Waals surface area contributed by atoms with Gasteiger partial charge in [0.2, 0.25) is 0 Å². The molecule has 1 heterocycles. The SMILES string of the molecule is CSCCC(NC(=O)c1ccc2ccccc2n1)C(=O)NNC(=O)c1cccc([N+](=O)[O-])c1. The van der Waals surface area contributed by atoms with Crippen LogP contribution in [0.2, 0.25) is 0 Å². The van der Waals surface area contributed by atoms with Crippen molar-refractivity contribution in [3.05, 3.63) is 82.0 Å². The van der Waals surface area contributed by atoms with E-state index >= 15 is 0 Å². The highest BCUT2D eigenvalue weighted by Gasteiger charge is 2.23. The second-order valence-corrected chi connectivity index (χ2v) is 7.93. The van der Waals surface area contributed by atoms with E-state index in [-0.39, 0.29) is 16.9 Å². The third kappa shape index (κ3) is 6.26. The van der Waals surface area contributed by atoms with Crippen molar-refractivity contribution in [3.63, 3.8) is 0 Å². The van der Waals surface area contributed by atoms with E-state index in [1.54, 1.807) is 18.2 Å². The number of pyridine rings is 1. The molecule has 3 rings (SSSR count). The molecule has 1 aromatic heterocycles. The van der Waals surface area contributed by atoms with E-state index in [4.69, 9.17) is 0 Å². The Balaban J connectivity index is 1.66.